The Labute approximate surface area is 219 Å². The molecule has 2 N–H and O–H groups in total. The van der Waals surface area contributed by atoms with Gasteiger partial charge in [-0.1, -0.05) is 50.1 Å². The lowest BCUT2D eigenvalue weighted by Gasteiger charge is -2.14. The van der Waals surface area contributed by atoms with Crippen LogP contribution in [0.15, 0.2) is 29.8 Å². The van der Waals surface area contributed by atoms with Crippen molar-refractivity contribution in [3.63, 3.8) is 0 Å². The maximum atomic E-state index is 9.21. The molecule has 0 spiro atoms. The van der Waals surface area contributed by atoms with E-state index in [-0.39, 0.29) is 5.94 Å². The molecule has 2 atom stereocenters. The van der Waals surface area contributed by atoms with Crippen LogP contribution in [0.5, 0.6) is 0 Å². The standard InChI is InChI=1S/C22H26N4.C8H16BN/c1-6-9-15(3)12-21-20(7-2)17(5)25-26-22(21)24-14-19-11-8-10-18(13-23)16(19)4;1-2-7-4-3-5-10-8(9)6-7/h7-12H,6,14H2,1-5H3,(H,24,26);7-8,10H,2-6H2,1H3/b15-9+,20-7-,21-12+;. The highest BCUT2D eigenvalue weighted by atomic mass is 15.2. The third-order valence-corrected chi connectivity index (χ3v) is 6.79. The van der Waals surface area contributed by atoms with E-state index in [1.807, 2.05) is 39.0 Å². The average molecular weight is 484 g/mol. The van der Waals surface area contributed by atoms with Gasteiger partial charge in [0.05, 0.1) is 25.2 Å². The minimum Gasteiger partial charge on any atom is -0.364 e. The van der Waals surface area contributed by atoms with Crippen molar-refractivity contribution in [3.05, 3.63) is 62.7 Å². The van der Waals surface area contributed by atoms with E-state index in [1.54, 1.807) is 0 Å². The van der Waals surface area contributed by atoms with Gasteiger partial charge in [0.15, 0.2) is 5.82 Å². The smallest absolute Gasteiger partial charge is 0.156 e. The molecule has 1 aromatic carbocycles. The highest BCUT2D eigenvalue weighted by molar-refractivity contribution is 6.11. The second kappa shape index (κ2) is 15.3. The summed E-state index contributed by atoms with van der Waals surface area (Å²) in [6, 6.07) is 8.02. The Kier molecular flexibility index (Phi) is 12.4. The Morgan fingerprint density at radius 3 is 2.69 bits per heavy atom. The highest BCUT2D eigenvalue weighted by Crippen LogP contribution is 2.18. The molecule has 2 unspecified atom stereocenters. The lowest BCUT2D eigenvalue weighted by molar-refractivity contribution is 0.446. The SMILES string of the molecule is C/C=c1/c(C)nnc(NCc2cccc(C#N)c2C)/c1=C/C(C)=C/CC.[B]C1CC(CC)CCCN1. The van der Waals surface area contributed by atoms with E-state index in [1.165, 1.54) is 24.8 Å². The van der Waals surface area contributed by atoms with Gasteiger partial charge in [0.25, 0.3) is 0 Å². The Balaban J connectivity index is 0.000000380. The van der Waals surface area contributed by atoms with Crippen LogP contribution in [-0.4, -0.2) is 30.5 Å². The fourth-order valence-corrected chi connectivity index (χ4v) is 4.59. The number of nitrogens with one attached hydrogen (secondary N) is 2. The molecule has 1 aliphatic heterocycles. The normalized spacial score (nSPS) is 19.2. The van der Waals surface area contributed by atoms with Crippen LogP contribution in [0.1, 0.15) is 82.2 Å². The molecule has 1 fully saturated rings. The van der Waals surface area contributed by atoms with Crippen molar-refractivity contribution in [1.82, 2.24) is 15.5 Å². The van der Waals surface area contributed by atoms with Gasteiger partial charge >= 0.3 is 0 Å². The minimum absolute atomic E-state index is 0.257. The van der Waals surface area contributed by atoms with Gasteiger partial charge in [-0.25, -0.2) is 0 Å². The Morgan fingerprint density at radius 1 is 1.25 bits per heavy atom. The maximum absolute atomic E-state index is 9.21. The molecule has 36 heavy (non-hydrogen) atoms. The number of allylic oxidation sites excluding steroid dienone is 2. The fraction of sp³-hybridized carbons (Fsp3) is 0.500. The monoisotopic (exact) mass is 483 g/mol. The molecule has 0 aliphatic carbocycles. The highest BCUT2D eigenvalue weighted by Gasteiger charge is 2.13. The number of nitrogens with zero attached hydrogens (tertiary/aromatic N) is 3. The molecule has 1 saturated heterocycles. The van der Waals surface area contributed by atoms with Crippen LogP contribution in [0.2, 0.25) is 0 Å². The van der Waals surface area contributed by atoms with Gasteiger partial charge < -0.3 is 10.6 Å². The van der Waals surface area contributed by atoms with Crippen LogP contribution in [0.4, 0.5) is 5.82 Å². The van der Waals surface area contributed by atoms with Crippen LogP contribution in [0.3, 0.4) is 0 Å². The van der Waals surface area contributed by atoms with Crippen LogP contribution in [-0.2, 0) is 6.54 Å². The van der Waals surface area contributed by atoms with Crippen molar-refractivity contribution in [3.8, 4) is 6.07 Å². The molecular formula is C30H42BN5. The summed E-state index contributed by atoms with van der Waals surface area (Å²) < 4.78 is 0. The molecule has 1 aliphatic rings. The minimum atomic E-state index is 0.257. The summed E-state index contributed by atoms with van der Waals surface area (Å²) in [7, 11) is 5.79. The number of nitriles is 1. The quantitative estimate of drug-likeness (QED) is 0.578. The molecule has 6 heteroatoms. The predicted octanol–water partition coefficient (Wildman–Crippen LogP) is 4.80. The lowest BCUT2D eigenvalue weighted by atomic mass is 9.85. The van der Waals surface area contributed by atoms with E-state index >= 15 is 0 Å². The third kappa shape index (κ3) is 8.64. The van der Waals surface area contributed by atoms with Crippen molar-refractivity contribution in [1.29, 1.82) is 5.26 Å². The molecular weight excluding hydrogens is 441 g/mol. The predicted molar refractivity (Wildman–Crippen MR) is 153 cm³/mol. The number of aryl methyl sites for hydroxylation is 1. The summed E-state index contributed by atoms with van der Waals surface area (Å²) >= 11 is 0. The van der Waals surface area contributed by atoms with Gasteiger partial charge in [-0.3, -0.25) is 0 Å². The lowest BCUT2D eigenvalue weighted by Crippen LogP contribution is -2.33. The molecule has 1 aromatic heterocycles. The second-order valence-electron chi connectivity index (χ2n) is 9.52. The first-order valence-corrected chi connectivity index (χ1v) is 13.2. The van der Waals surface area contributed by atoms with Crippen LogP contribution in [0.25, 0.3) is 12.2 Å². The maximum Gasteiger partial charge on any atom is 0.156 e. The molecule has 0 bridgehead atoms. The summed E-state index contributed by atoms with van der Waals surface area (Å²) in [4.78, 5) is 0. The molecule has 3 rings (SSSR count). The van der Waals surface area contributed by atoms with E-state index < -0.39 is 0 Å². The van der Waals surface area contributed by atoms with E-state index in [4.69, 9.17) is 7.85 Å². The van der Waals surface area contributed by atoms with Crippen molar-refractivity contribution >= 4 is 25.8 Å². The van der Waals surface area contributed by atoms with Gasteiger partial charge in [0.1, 0.15) is 0 Å². The Bertz CT molecular complexity index is 1180. The number of rotatable bonds is 6. The first-order chi connectivity index (χ1) is 17.3. The molecule has 2 heterocycles. The van der Waals surface area contributed by atoms with E-state index in [2.05, 4.69) is 65.9 Å². The summed E-state index contributed by atoms with van der Waals surface area (Å²) in [5, 5.41) is 26.7. The Morgan fingerprint density at radius 2 is 2.03 bits per heavy atom. The fourth-order valence-electron chi connectivity index (χ4n) is 4.59. The summed E-state index contributed by atoms with van der Waals surface area (Å²) in [5.41, 5.74) is 4.90. The zero-order chi connectivity index (χ0) is 26.5. The zero-order valence-corrected chi connectivity index (χ0v) is 23.0. The van der Waals surface area contributed by atoms with Crippen LogP contribution >= 0.6 is 0 Å². The van der Waals surface area contributed by atoms with Gasteiger partial charge in [-0.15, -0.1) is 5.10 Å². The van der Waals surface area contributed by atoms with Crippen LogP contribution < -0.4 is 21.1 Å². The molecule has 2 radical (unpaired) electrons. The Hall–Kier alpha value is -2.91. The largest absolute Gasteiger partial charge is 0.364 e. The molecule has 0 saturated carbocycles. The zero-order valence-electron chi connectivity index (χ0n) is 23.0. The van der Waals surface area contributed by atoms with E-state index in [0.29, 0.717) is 12.1 Å². The number of benzene rings is 1. The third-order valence-electron chi connectivity index (χ3n) is 6.79. The van der Waals surface area contributed by atoms with Gasteiger partial charge in [-0.05, 0) is 95.1 Å². The molecule has 5 nitrogen and oxygen atoms in total. The topological polar surface area (TPSA) is 73.6 Å². The number of hydrogen-bond donors (Lipinski definition) is 2. The van der Waals surface area contributed by atoms with Gasteiger partial charge in [0.2, 0.25) is 0 Å². The van der Waals surface area contributed by atoms with Crippen molar-refractivity contribution in [2.24, 2.45) is 5.92 Å². The van der Waals surface area contributed by atoms with Crippen LogP contribution in [0, 0.1) is 31.1 Å². The molecule has 190 valence electrons. The molecule has 0 amide bonds. The van der Waals surface area contributed by atoms with E-state index in [9.17, 15) is 5.26 Å². The number of hydrogen-bond acceptors (Lipinski definition) is 5. The van der Waals surface area contributed by atoms with Crippen molar-refractivity contribution in [2.45, 2.75) is 86.1 Å². The first-order valence-electron chi connectivity index (χ1n) is 13.2. The number of anilines is 1. The second-order valence-corrected chi connectivity index (χ2v) is 9.52. The van der Waals surface area contributed by atoms with Crippen molar-refractivity contribution < 1.29 is 0 Å². The summed E-state index contributed by atoms with van der Waals surface area (Å²) in [5.74, 6) is 1.88. The molecule has 2 aromatic rings. The van der Waals surface area contributed by atoms with Gasteiger partial charge in [0, 0.05) is 17.0 Å². The first kappa shape index (κ1) is 29.3. The number of aromatic nitrogens is 2. The van der Waals surface area contributed by atoms with E-state index in [0.717, 1.165) is 58.4 Å². The summed E-state index contributed by atoms with van der Waals surface area (Å²) in [6.07, 6.45) is 12.5. The summed E-state index contributed by atoms with van der Waals surface area (Å²) in [6.45, 7) is 14.2. The van der Waals surface area contributed by atoms with Crippen molar-refractivity contribution in [2.75, 3.05) is 11.9 Å². The average Bonchev–Trinajstić information content (AvgIpc) is 3.09. The van der Waals surface area contributed by atoms with Gasteiger partial charge in [-0.2, -0.15) is 10.4 Å².